The Morgan fingerprint density at radius 1 is 1.17 bits per heavy atom. The summed E-state index contributed by atoms with van der Waals surface area (Å²) < 4.78 is 10.2. The minimum absolute atomic E-state index is 0.219. The van der Waals surface area contributed by atoms with Gasteiger partial charge >= 0.3 is 12.1 Å². The van der Waals surface area contributed by atoms with Gasteiger partial charge in [0.05, 0.1) is 6.61 Å². The number of likely N-dealkylation sites (tertiary alicyclic amines) is 1. The number of carbonyl (C=O) groups is 2. The van der Waals surface area contributed by atoms with Crippen LogP contribution in [0.4, 0.5) is 4.79 Å². The van der Waals surface area contributed by atoms with E-state index in [1.54, 1.807) is 17.9 Å². The molecule has 5 heteroatoms. The highest BCUT2D eigenvalue weighted by atomic mass is 16.6. The fourth-order valence-electron chi connectivity index (χ4n) is 2.35. The molecule has 23 heavy (non-hydrogen) atoms. The van der Waals surface area contributed by atoms with Crippen molar-refractivity contribution in [3.05, 3.63) is 24.3 Å². The molecule has 0 aromatic heterocycles. The molecule has 1 fully saturated rings. The summed E-state index contributed by atoms with van der Waals surface area (Å²) in [7, 11) is 0. The predicted octanol–water partition coefficient (Wildman–Crippen LogP) is 3.70. The summed E-state index contributed by atoms with van der Waals surface area (Å²) in [5.41, 5.74) is -0.443. The molecule has 0 saturated carbocycles. The van der Waals surface area contributed by atoms with Crippen molar-refractivity contribution in [2.45, 2.75) is 52.6 Å². The van der Waals surface area contributed by atoms with Crippen molar-refractivity contribution in [2.75, 3.05) is 19.7 Å². The number of rotatable bonds is 5. The first-order chi connectivity index (χ1) is 10.8. The minimum Gasteiger partial charge on any atom is -0.463 e. The third-order valence-electron chi connectivity index (χ3n) is 3.50. The van der Waals surface area contributed by atoms with Crippen LogP contribution in [-0.2, 0) is 14.3 Å². The fraction of sp³-hybridized carbons (Fsp3) is 0.667. The van der Waals surface area contributed by atoms with E-state index in [0.717, 1.165) is 32.4 Å². The van der Waals surface area contributed by atoms with Crippen molar-refractivity contribution in [1.82, 2.24) is 4.90 Å². The third-order valence-corrected chi connectivity index (χ3v) is 3.50. The van der Waals surface area contributed by atoms with E-state index in [4.69, 9.17) is 9.47 Å². The topological polar surface area (TPSA) is 55.8 Å². The standard InChI is InChI=1S/C18H29NO4/c1-5-22-16(20)10-8-6-7-9-15-11-13-19(14-12-15)17(21)23-18(2,3)4/h6-8,10,15H,5,9,11-14H2,1-4H3/b7-6+,10-8+. The molecule has 0 spiro atoms. The Labute approximate surface area is 139 Å². The van der Waals surface area contributed by atoms with Crippen molar-refractivity contribution in [2.24, 2.45) is 5.92 Å². The molecule has 1 rings (SSSR count). The summed E-state index contributed by atoms with van der Waals surface area (Å²) in [6, 6.07) is 0. The summed E-state index contributed by atoms with van der Waals surface area (Å²) in [6.07, 6.45) is 9.74. The summed E-state index contributed by atoms with van der Waals surface area (Å²) in [5, 5.41) is 0. The Kier molecular flexibility index (Phi) is 7.86. The summed E-state index contributed by atoms with van der Waals surface area (Å²) >= 11 is 0. The zero-order valence-corrected chi connectivity index (χ0v) is 14.7. The van der Waals surface area contributed by atoms with Crippen LogP contribution >= 0.6 is 0 Å². The molecular formula is C18H29NO4. The fourth-order valence-corrected chi connectivity index (χ4v) is 2.35. The maximum Gasteiger partial charge on any atom is 0.410 e. The lowest BCUT2D eigenvalue weighted by molar-refractivity contribution is -0.137. The van der Waals surface area contributed by atoms with E-state index in [2.05, 4.69) is 6.08 Å². The second kappa shape index (κ2) is 9.38. The molecule has 1 aliphatic rings. The van der Waals surface area contributed by atoms with Gasteiger partial charge in [-0.25, -0.2) is 9.59 Å². The molecule has 1 saturated heterocycles. The highest BCUT2D eigenvalue weighted by Gasteiger charge is 2.26. The predicted molar refractivity (Wildman–Crippen MR) is 90.1 cm³/mol. The highest BCUT2D eigenvalue weighted by molar-refractivity contribution is 5.82. The van der Waals surface area contributed by atoms with Crippen molar-refractivity contribution in [1.29, 1.82) is 0 Å². The molecule has 0 aromatic rings. The number of piperidine rings is 1. The summed E-state index contributed by atoms with van der Waals surface area (Å²) in [5.74, 6) is 0.253. The molecule has 1 amide bonds. The zero-order chi connectivity index (χ0) is 17.3. The Morgan fingerprint density at radius 3 is 2.39 bits per heavy atom. The van der Waals surface area contributed by atoms with Gasteiger partial charge in [0.25, 0.3) is 0 Å². The van der Waals surface area contributed by atoms with Crippen molar-refractivity contribution < 1.29 is 19.1 Å². The van der Waals surface area contributed by atoms with Gasteiger partial charge in [0, 0.05) is 19.2 Å². The van der Waals surface area contributed by atoms with E-state index in [0.29, 0.717) is 12.5 Å². The molecule has 0 N–H and O–H groups in total. The van der Waals surface area contributed by atoms with E-state index in [9.17, 15) is 9.59 Å². The first-order valence-electron chi connectivity index (χ1n) is 8.29. The van der Waals surface area contributed by atoms with Crippen LogP contribution in [0.5, 0.6) is 0 Å². The average Bonchev–Trinajstić information content (AvgIpc) is 2.46. The van der Waals surface area contributed by atoms with Gasteiger partial charge < -0.3 is 14.4 Å². The molecule has 1 aliphatic heterocycles. The van der Waals surface area contributed by atoms with Crippen molar-refractivity contribution in [3.8, 4) is 0 Å². The van der Waals surface area contributed by atoms with Gasteiger partial charge in [0.15, 0.2) is 0 Å². The largest absolute Gasteiger partial charge is 0.463 e. The Hall–Kier alpha value is -1.78. The molecule has 130 valence electrons. The lowest BCUT2D eigenvalue weighted by atomic mass is 9.93. The second-order valence-electron chi connectivity index (χ2n) is 6.69. The van der Waals surface area contributed by atoms with Gasteiger partial charge in [-0.2, -0.15) is 0 Å². The van der Waals surface area contributed by atoms with Crippen LogP contribution in [-0.4, -0.2) is 42.3 Å². The van der Waals surface area contributed by atoms with Crippen LogP contribution < -0.4 is 0 Å². The van der Waals surface area contributed by atoms with Gasteiger partial charge in [0.1, 0.15) is 5.60 Å². The first kappa shape index (κ1) is 19.3. The third kappa shape index (κ3) is 8.43. The number of nitrogens with zero attached hydrogens (tertiary/aromatic N) is 1. The SMILES string of the molecule is CCOC(=O)/C=C/C=C/CC1CCN(C(=O)OC(C)(C)C)CC1. The number of allylic oxidation sites excluding steroid dienone is 3. The van der Waals surface area contributed by atoms with E-state index < -0.39 is 5.60 Å². The molecule has 0 aliphatic carbocycles. The van der Waals surface area contributed by atoms with Crippen LogP contribution in [0.2, 0.25) is 0 Å². The molecule has 0 aromatic carbocycles. The zero-order valence-electron chi connectivity index (χ0n) is 14.7. The summed E-state index contributed by atoms with van der Waals surface area (Å²) in [6.45, 7) is 9.30. The summed E-state index contributed by atoms with van der Waals surface area (Å²) in [4.78, 5) is 24.9. The molecule has 0 unspecified atom stereocenters. The van der Waals surface area contributed by atoms with Crippen LogP contribution in [0.15, 0.2) is 24.3 Å². The quantitative estimate of drug-likeness (QED) is 0.440. The van der Waals surface area contributed by atoms with Gasteiger partial charge in [-0.3, -0.25) is 0 Å². The van der Waals surface area contributed by atoms with Gasteiger partial charge in [-0.15, -0.1) is 0 Å². The average molecular weight is 323 g/mol. The smallest absolute Gasteiger partial charge is 0.410 e. The normalized spacial score (nSPS) is 17.0. The molecular weight excluding hydrogens is 294 g/mol. The molecule has 5 nitrogen and oxygen atoms in total. The monoisotopic (exact) mass is 323 g/mol. The van der Waals surface area contributed by atoms with Crippen LogP contribution in [0, 0.1) is 5.92 Å². The molecule has 0 radical (unpaired) electrons. The maximum absolute atomic E-state index is 12.0. The Morgan fingerprint density at radius 2 is 1.83 bits per heavy atom. The first-order valence-corrected chi connectivity index (χ1v) is 8.29. The van der Waals surface area contributed by atoms with Crippen molar-refractivity contribution >= 4 is 12.1 Å². The highest BCUT2D eigenvalue weighted by Crippen LogP contribution is 2.22. The lowest BCUT2D eigenvalue weighted by Gasteiger charge is -2.33. The second-order valence-corrected chi connectivity index (χ2v) is 6.69. The number of esters is 1. The van der Waals surface area contributed by atoms with E-state index in [-0.39, 0.29) is 12.1 Å². The number of amides is 1. The molecule has 1 heterocycles. The molecule has 0 atom stereocenters. The van der Waals surface area contributed by atoms with Crippen LogP contribution in [0.1, 0.15) is 47.0 Å². The number of hydrogen-bond acceptors (Lipinski definition) is 4. The molecule has 0 bridgehead atoms. The van der Waals surface area contributed by atoms with E-state index >= 15 is 0 Å². The van der Waals surface area contributed by atoms with E-state index in [1.165, 1.54) is 6.08 Å². The van der Waals surface area contributed by atoms with Gasteiger partial charge in [-0.05, 0) is 52.9 Å². The lowest BCUT2D eigenvalue weighted by Crippen LogP contribution is -2.41. The van der Waals surface area contributed by atoms with Crippen molar-refractivity contribution in [3.63, 3.8) is 0 Å². The number of hydrogen-bond donors (Lipinski definition) is 0. The van der Waals surface area contributed by atoms with E-state index in [1.807, 2.05) is 26.8 Å². The number of carbonyl (C=O) groups excluding carboxylic acids is 2. The Bertz CT molecular complexity index is 440. The van der Waals surface area contributed by atoms with Crippen LogP contribution in [0.3, 0.4) is 0 Å². The van der Waals surface area contributed by atoms with Gasteiger partial charge in [0.2, 0.25) is 0 Å². The van der Waals surface area contributed by atoms with Gasteiger partial charge in [-0.1, -0.05) is 18.2 Å². The maximum atomic E-state index is 12.0. The Balaban J connectivity index is 2.26. The number of ether oxygens (including phenoxy) is 2. The van der Waals surface area contributed by atoms with Crippen LogP contribution in [0.25, 0.3) is 0 Å². The minimum atomic E-state index is -0.443.